The molecule has 0 fully saturated rings. The summed E-state index contributed by atoms with van der Waals surface area (Å²) in [4.78, 5) is 12.1. The molecule has 2 aromatic rings. The molecule has 0 spiro atoms. The molecule has 0 heterocycles. The van der Waals surface area contributed by atoms with Gasteiger partial charge in [-0.25, -0.2) is 0 Å². The van der Waals surface area contributed by atoms with Crippen molar-refractivity contribution in [1.29, 1.82) is 0 Å². The normalized spacial score (nSPS) is 12.2. The summed E-state index contributed by atoms with van der Waals surface area (Å²) in [5.41, 5.74) is 0.797. The topological polar surface area (TPSA) is 37.3 Å². The number of hydrogen-bond donors (Lipinski definition) is 1. The number of Topliss-reactive ketones (excluding diaryl/α,β-unsaturated/α-hetero) is 1. The van der Waals surface area contributed by atoms with Gasteiger partial charge in [0.05, 0.1) is 5.02 Å². The van der Waals surface area contributed by atoms with Crippen LogP contribution in [0.5, 0.6) is 0 Å². The third-order valence-corrected chi connectivity index (χ3v) is 3.11. The van der Waals surface area contributed by atoms with Gasteiger partial charge in [0.2, 0.25) is 0 Å². The molecule has 1 atom stereocenters. The zero-order valence-electron chi connectivity index (χ0n) is 9.31. The summed E-state index contributed by atoms with van der Waals surface area (Å²) >= 11 is 11.7. The van der Waals surface area contributed by atoms with E-state index in [0.717, 1.165) is 0 Å². The number of carbonyl (C=O) groups excluding carboxylic acids is 1. The smallest absolute Gasteiger partial charge is 0.197 e. The van der Waals surface area contributed by atoms with E-state index in [1.165, 1.54) is 12.1 Å². The van der Waals surface area contributed by atoms with Gasteiger partial charge < -0.3 is 5.11 Å². The van der Waals surface area contributed by atoms with E-state index >= 15 is 0 Å². The molecule has 0 aromatic heterocycles. The third-order valence-electron chi connectivity index (χ3n) is 2.56. The van der Waals surface area contributed by atoms with Gasteiger partial charge in [-0.15, -0.1) is 0 Å². The van der Waals surface area contributed by atoms with Crippen LogP contribution in [-0.2, 0) is 0 Å². The van der Waals surface area contributed by atoms with Gasteiger partial charge in [0.15, 0.2) is 5.78 Å². The Morgan fingerprint density at radius 1 is 1.06 bits per heavy atom. The largest absolute Gasteiger partial charge is 0.380 e. The second-order valence-corrected chi connectivity index (χ2v) is 4.65. The Kier molecular flexibility index (Phi) is 4.02. The van der Waals surface area contributed by atoms with E-state index < -0.39 is 11.9 Å². The van der Waals surface area contributed by atoms with Crippen LogP contribution in [0.1, 0.15) is 22.0 Å². The first kappa shape index (κ1) is 13.1. The molecule has 0 aliphatic rings. The lowest BCUT2D eigenvalue weighted by molar-refractivity contribution is 0.0747. The molecule has 1 N–H and O–H groups in total. The highest BCUT2D eigenvalue weighted by Gasteiger charge is 2.21. The second-order valence-electron chi connectivity index (χ2n) is 3.80. The molecule has 0 aliphatic heterocycles. The zero-order chi connectivity index (χ0) is 13.1. The Balaban J connectivity index is 2.32. The number of carbonyl (C=O) groups is 1. The van der Waals surface area contributed by atoms with Gasteiger partial charge in [-0.1, -0.05) is 53.5 Å². The van der Waals surface area contributed by atoms with Crippen molar-refractivity contribution in [2.24, 2.45) is 0 Å². The van der Waals surface area contributed by atoms with Crippen LogP contribution in [-0.4, -0.2) is 10.9 Å². The predicted octanol–water partition coefficient (Wildman–Crippen LogP) is 3.91. The Hall–Kier alpha value is -1.35. The maximum absolute atomic E-state index is 12.1. The van der Waals surface area contributed by atoms with Crippen LogP contribution in [0.3, 0.4) is 0 Å². The van der Waals surface area contributed by atoms with E-state index in [1.807, 2.05) is 6.07 Å². The fraction of sp³-hybridized carbons (Fsp3) is 0.0714. The standard InChI is InChI=1S/C14H10Cl2O2/c15-10-6-7-11(12(16)8-10)14(18)13(17)9-4-2-1-3-5-9/h1-8,13,17H. The van der Waals surface area contributed by atoms with Crippen molar-refractivity contribution in [3.8, 4) is 0 Å². The molecule has 0 amide bonds. The molecule has 0 radical (unpaired) electrons. The predicted molar refractivity (Wildman–Crippen MR) is 72.2 cm³/mol. The number of hydrogen-bond acceptors (Lipinski definition) is 2. The van der Waals surface area contributed by atoms with Crippen LogP contribution in [0, 0.1) is 0 Å². The van der Waals surface area contributed by atoms with Crippen molar-refractivity contribution in [3.05, 3.63) is 69.7 Å². The Bertz CT molecular complexity index is 567. The highest BCUT2D eigenvalue weighted by Crippen LogP contribution is 2.26. The number of aliphatic hydroxyl groups is 1. The van der Waals surface area contributed by atoms with Gasteiger partial charge in [0.1, 0.15) is 6.10 Å². The minimum absolute atomic E-state index is 0.238. The number of aliphatic hydroxyl groups excluding tert-OH is 1. The minimum atomic E-state index is -1.22. The summed E-state index contributed by atoms with van der Waals surface area (Å²) in [6.45, 7) is 0. The maximum atomic E-state index is 12.1. The third kappa shape index (κ3) is 2.72. The van der Waals surface area contributed by atoms with Crippen molar-refractivity contribution >= 4 is 29.0 Å². The SMILES string of the molecule is O=C(c1ccc(Cl)cc1Cl)C(O)c1ccccc1. The molecule has 0 saturated heterocycles. The summed E-state index contributed by atoms with van der Waals surface area (Å²) in [5.74, 6) is -0.442. The van der Waals surface area contributed by atoms with Crippen LogP contribution in [0.2, 0.25) is 10.0 Å². The maximum Gasteiger partial charge on any atom is 0.197 e. The highest BCUT2D eigenvalue weighted by molar-refractivity contribution is 6.37. The molecule has 18 heavy (non-hydrogen) atoms. The highest BCUT2D eigenvalue weighted by atomic mass is 35.5. The first-order chi connectivity index (χ1) is 8.59. The van der Waals surface area contributed by atoms with Gasteiger partial charge in [-0.05, 0) is 23.8 Å². The monoisotopic (exact) mass is 280 g/mol. The second kappa shape index (κ2) is 5.53. The van der Waals surface area contributed by atoms with Gasteiger partial charge in [0, 0.05) is 10.6 Å². The Morgan fingerprint density at radius 3 is 2.33 bits per heavy atom. The summed E-state index contributed by atoms with van der Waals surface area (Å²) in [5, 5.41) is 10.7. The van der Waals surface area contributed by atoms with Crippen LogP contribution >= 0.6 is 23.2 Å². The number of ketones is 1. The van der Waals surface area contributed by atoms with Gasteiger partial charge >= 0.3 is 0 Å². The molecule has 2 rings (SSSR count). The molecule has 0 saturated carbocycles. The van der Waals surface area contributed by atoms with Crippen molar-refractivity contribution < 1.29 is 9.90 Å². The van der Waals surface area contributed by atoms with Crippen molar-refractivity contribution in [1.82, 2.24) is 0 Å². The van der Waals surface area contributed by atoms with Gasteiger partial charge in [0.25, 0.3) is 0 Å². The van der Waals surface area contributed by atoms with Crippen molar-refractivity contribution in [2.75, 3.05) is 0 Å². The molecule has 4 heteroatoms. The summed E-state index contributed by atoms with van der Waals surface area (Å²) in [6, 6.07) is 13.3. The van der Waals surface area contributed by atoms with Crippen LogP contribution in [0.15, 0.2) is 48.5 Å². The fourth-order valence-electron chi connectivity index (χ4n) is 1.62. The number of benzene rings is 2. The molecule has 0 bridgehead atoms. The zero-order valence-corrected chi connectivity index (χ0v) is 10.8. The lowest BCUT2D eigenvalue weighted by atomic mass is 10.00. The van der Waals surface area contributed by atoms with E-state index in [0.29, 0.717) is 10.6 Å². The van der Waals surface area contributed by atoms with Crippen LogP contribution < -0.4 is 0 Å². The van der Waals surface area contributed by atoms with Crippen molar-refractivity contribution in [2.45, 2.75) is 6.10 Å². The molecule has 2 nitrogen and oxygen atoms in total. The Morgan fingerprint density at radius 2 is 1.72 bits per heavy atom. The van der Waals surface area contributed by atoms with E-state index in [2.05, 4.69) is 0 Å². The van der Waals surface area contributed by atoms with E-state index in [4.69, 9.17) is 23.2 Å². The average Bonchev–Trinajstić information content (AvgIpc) is 2.38. The molecule has 2 aromatic carbocycles. The Labute approximate surface area is 115 Å². The molecule has 0 aliphatic carbocycles. The summed E-state index contributed by atoms with van der Waals surface area (Å²) in [7, 11) is 0. The number of rotatable bonds is 3. The first-order valence-corrected chi connectivity index (χ1v) is 6.07. The van der Waals surface area contributed by atoms with Crippen molar-refractivity contribution in [3.63, 3.8) is 0 Å². The molecular formula is C14H10Cl2O2. The first-order valence-electron chi connectivity index (χ1n) is 5.32. The fourth-order valence-corrected chi connectivity index (χ4v) is 2.12. The lowest BCUT2D eigenvalue weighted by Gasteiger charge is -2.11. The molecule has 1 unspecified atom stereocenters. The van der Waals surface area contributed by atoms with Gasteiger partial charge in [-0.2, -0.15) is 0 Å². The molecular weight excluding hydrogens is 271 g/mol. The van der Waals surface area contributed by atoms with Crippen LogP contribution in [0.4, 0.5) is 0 Å². The summed E-state index contributed by atoms with van der Waals surface area (Å²) in [6.07, 6.45) is -1.22. The number of halogens is 2. The molecule has 92 valence electrons. The van der Waals surface area contributed by atoms with E-state index in [-0.39, 0.29) is 10.6 Å². The van der Waals surface area contributed by atoms with Gasteiger partial charge in [-0.3, -0.25) is 4.79 Å². The summed E-state index contributed by atoms with van der Waals surface area (Å²) < 4.78 is 0. The average molecular weight is 281 g/mol. The quantitative estimate of drug-likeness (QED) is 0.866. The lowest BCUT2D eigenvalue weighted by Crippen LogP contribution is -2.12. The minimum Gasteiger partial charge on any atom is -0.380 e. The van der Waals surface area contributed by atoms with E-state index in [1.54, 1.807) is 30.3 Å². The van der Waals surface area contributed by atoms with E-state index in [9.17, 15) is 9.90 Å². The van der Waals surface area contributed by atoms with Crippen LogP contribution in [0.25, 0.3) is 0 Å².